The summed E-state index contributed by atoms with van der Waals surface area (Å²) in [5.74, 6) is 0.779. The van der Waals surface area contributed by atoms with E-state index in [-0.39, 0.29) is 23.0 Å². The summed E-state index contributed by atoms with van der Waals surface area (Å²) in [7, 11) is 2.12. The normalized spacial score (nSPS) is 33.6. The highest BCUT2D eigenvalue weighted by Gasteiger charge is 2.59. The highest BCUT2D eigenvalue weighted by molar-refractivity contribution is 5.91. The van der Waals surface area contributed by atoms with Crippen LogP contribution in [0.3, 0.4) is 0 Å². The molecule has 1 aliphatic carbocycles. The number of ketones is 1. The number of ether oxygens (including phenoxy) is 1. The third-order valence-corrected chi connectivity index (χ3v) is 5.78. The van der Waals surface area contributed by atoms with Crippen molar-refractivity contribution in [2.45, 2.75) is 44.2 Å². The molecule has 0 radical (unpaired) electrons. The summed E-state index contributed by atoms with van der Waals surface area (Å²) in [6.07, 6.45) is 2.90. The van der Waals surface area contributed by atoms with Crippen molar-refractivity contribution in [3.63, 3.8) is 0 Å². The van der Waals surface area contributed by atoms with Crippen molar-refractivity contribution in [1.29, 1.82) is 0 Å². The number of nitrogens with zero attached hydrogens (tertiary/aromatic N) is 1. The van der Waals surface area contributed by atoms with Gasteiger partial charge in [-0.2, -0.15) is 0 Å². The molecule has 2 heterocycles. The molecule has 22 heavy (non-hydrogen) atoms. The zero-order valence-electron chi connectivity index (χ0n) is 13.2. The number of allylic oxidation sites excluding steroid dienone is 1. The maximum Gasteiger partial charge on any atom is 0.178 e. The van der Waals surface area contributed by atoms with E-state index in [0.29, 0.717) is 12.2 Å². The first kappa shape index (κ1) is 13.8. The predicted octanol–water partition coefficient (Wildman–Crippen LogP) is 2.32. The van der Waals surface area contributed by atoms with Crippen LogP contribution in [0.25, 0.3) is 0 Å². The van der Waals surface area contributed by atoms with E-state index in [1.165, 1.54) is 5.57 Å². The molecule has 0 saturated carbocycles. The number of likely N-dealkylation sites (tertiary alicyclic amines) is 1. The van der Waals surface area contributed by atoms with Gasteiger partial charge in [-0.15, -0.1) is 0 Å². The van der Waals surface area contributed by atoms with Gasteiger partial charge in [0, 0.05) is 18.0 Å². The van der Waals surface area contributed by atoms with Crippen molar-refractivity contribution in [1.82, 2.24) is 4.90 Å². The van der Waals surface area contributed by atoms with Crippen LogP contribution in [0.1, 0.15) is 30.9 Å². The van der Waals surface area contributed by atoms with Crippen LogP contribution in [0, 0.1) is 6.92 Å². The SMILES string of the molecule is Cc1ccc(O)c2c1[C@]13CCN(C)[C@H](C)C1=CCC(=O)[C@@H]3O2. The molecule has 0 aromatic heterocycles. The van der Waals surface area contributed by atoms with Gasteiger partial charge in [0.2, 0.25) is 0 Å². The highest BCUT2D eigenvalue weighted by Crippen LogP contribution is 2.58. The quantitative estimate of drug-likeness (QED) is 0.747. The Bertz CT molecular complexity index is 709. The summed E-state index contributed by atoms with van der Waals surface area (Å²) < 4.78 is 6.02. The third-order valence-electron chi connectivity index (χ3n) is 5.78. The largest absolute Gasteiger partial charge is 0.504 e. The minimum atomic E-state index is -0.481. The lowest BCUT2D eigenvalue weighted by Crippen LogP contribution is -2.57. The topological polar surface area (TPSA) is 49.8 Å². The van der Waals surface area contributed by atoms with Gasteiger partial charge in [-0.3, -0.25) is 9.69 Å². The van der Waals surface area contributed by atoms with Crippen LogP contribution < -0.4 is 4.74 Å². The molecule has 0 unspecified atom stereocenters. The molecule has 1 aromatic carbocycles. The molecule has 116 valence electrons. The van der Waals surface area contributed by atoms with Crippen molar-refractivity contribution in [3.05, 3.63) is 34.9 Å². The second-order valence-electron chi connectivity index (χ2n) is 6.81. The highest BCUT2D eigenvalue weighted by atomic mass is 16.5. The number of carbonyl (C=O) groups excluding carboxylic acids is 1. The summed E-state index contributed by atoms with van der Waals surface area (Å²) in [6.45, 7) is 5.15. The van der Waals surface area contributed by atoms with Gasteiger partial charge in [0.05, 0.1) is 5.41 Å². The van der Waals surface area contributed by atoms with Gasteiger partial charge in [-0.05, 0) is 51.1 Å². The Morgan fingerprint density at radius 2 is 2.18 bits per heavy atom. The van der Waals surface area contributed by atoms with E-state index in [9.17, 15) is 9.90 Å². The Morgan fingerprint density at radius 1 is 1.41 bits per heavy atom. The molecule has 1 N–H and O–H groups in total. The number of hydrogen-bond donors (Lipinski definition) is 1. The fraction of sp³-hybridized carbons (Fsp3) is 0.500. The number of likely N-dealkylation sites (N-methyl/N-ethyl adjacent to an activating group) is 1. The monoisotopic (exact) mass is 299 g/mol. The smallest absolute Gasteiger partial charge is 0.178 e. The molecule has 3 atom stereocenters. The lowest BCUT2D eigenvalue weighted by Gasteiger charge is -2.48. The molecule has 0 amide bonds. The van der Waals surface area contributed by atoms with Gasteiger partial charge in [-0.1, -0.05) is 12.1 Å². The number of piperidine rings is 1. The molecule has 1 saturated heterocycles. The van der Waals surface area contributed by atoms with Gasteiger partial charge in [0.1, 0.15) is 0 Å². The van der Waals surface area contributed by atoms with Crippen molar-refractivity contribution in [2.75, 3.05) is 13.6 Å². The Hall–Kier alpha value is -1.81. The predicted molar refractivity (Wildman–Crippen MR) is 83.4 cm³/mol. The zero-order valence-corrected chi connectivity index (χ0v) is 13.2. The number of fused-ring (bicyclic) bond motifs is 1. The number of carbonyl (C=O) groups is 1. The molecule has 1 aromatic rings. The van der Waals surface area contributed by atoms with Crippen LogP contribution in [-0.2, 0) is 10.2 Å². The van der Waals surface area contributed by atoms with Crippen LogP contribution in [0.2, 0.25) is 0 Å². The fourth-order valence-electron chi connectivity index (χ4n) is 4.56. The number of phenolic OH excluding ortho intramolecular Hbond substituents is 1. The van der Waals surface area contributed by atoms with E-state index in [0.717, 1.165) is 24.1 Å². The number of phenols is 1. The van der Waals surface area contributed by atoms with Crippen molar-refractivity contribution >= 4 is 5.78 Å². The summed E-state index contributed by atoms with van der Waals surface area (Å²) in [4.78, 5) is 14.9. The van der Waals surface area contributed by atoms with E-state index < -0.39 is 6.10 Å². The summed E-state index contributed by atoms with van der Waals surface area (Å²) in [5.41, 5.74) is 3.00. The lowest BCUT2D eigenvalue weighted by atomic mass is 9.60. The first-order chi connectivity index (χ1) is 10.5. The lowest BCUT2D eigenvalue weighted by molar-refractivity contribution is -0.127. The number of benzene rings is 1. The van der Waals surface area contributed by atoms with E-state index in [1.54, 1.807) is 6.07 Å². The zero-order chi connectivity index (χ0) is 15.6. The van der Waals surface area contributed by atoms with Gasteiger partial charge >= 0.3 is 0 Å². The summed E-state index contributed by atoms with van der Waals surface area (Å²) in [5, 5.41) is 10.2. The number of hydrogen-bond acceptors (Lipinski definition) is 4. The van der Waals surface area contributed by atoms with Gasteiger partial charge in [0.15, 0.2) is 23.4 Å². The van der Waals surface area contributed by atoms with Crippen LogP contribution in [0.4, 0.5) is 0 Å². The molecule has 0 bridgehead atoms. The summed E-state index contributed by atoms with van der Waals surface area (Å²) in [6, 6.07) is 3.86. The van der Waals surface area contributed by atoms with Crippen LogP contribution in [0.15, 0.2) is 23.8 Å². The minimum absolute atomic E-state index is 0.121. The Kier molecular flexibility index (Phi) is 2.74. The summed E-state index contributed by atoms with van der Waals surface area (Å²) >= 11 is 0. The number of aryl methyl sites for hydroxylation is 1. The fourth-order valence-corrected chi connectivity index (χ4v) is 4.56. The molecule has 1 spiro atoms. The van der Waals surface area contributed by atoms with E-state index in [2.05, 4.69) is 24.9 Å². The van der Waals surface area contributed by atoms with Crippen LogP contribution >= 0.6 is 0 Å². The maximum atomic E-state index is 12.5. The van der Waals surface area contributed by atoms with E-state index in [1.807, 2.05) is 13.0 Å². The molecule has 1 fully saturated rings. The van der Waals surface area contributed by atoms with E-state index in [4.69, 9.17) is 4.74 Å². The molecule has 3 aliphatic rings. The average Bonchev–Trinajstić information content (AvgIpc) is 2.85. The maximum absolute atomic E-state index is 12.5. The Labute approximate surface area is 130 Å². The van der Waals surface area contributed by atoms with Crippen molar-refractivity contribution < 1.29 is 14.6 Å². The van der Waals surface area contributed by atoms with Crippen LogP contribution in [-0.4, -0.2) is 41.5 Å². The average molecular weight is 299 g/mol. The second kappa shape index (κ2) is 4.35. The number of aromatic hydroxyl groups is 1. The van der Waals surface area contributed by atoms with Gasteiger partial charge in [0.25, 0.3) is 0 Å². The molecule has 4 rings (SSSR count). The second-order valence-corrected chi connectivity index (χ2v) is 6.81. The minimum Gasteiger partial charge on any atom is -0.504 e. The molecule has 2 aliphatic heterocycles. The third kappa shape index (κ3) is 1.48. The first-order valence-corrected chi connectivity index (χ1v) is 7.90. The van der Waals surface area contributed by atoms with E-state index >= 15 is 0 Å². The molecule has 4 heteroatoms. The van der Waals surface area contributed by atoms with Gasteiger partial charge in [-0.25, -0.2) is 0 Å². The number of Topliss-reactive ketones (excluding diaryl/α,β-unsaturated/α-hetero) is 1. The number of rotatable bonds is 0. The van der Waals surface area contributed by atoms with Crippen molar-refractivity contribution in [2.24, 2.45) is 0 Å². The standard InChI is InChI=1S/C18H21NO3/c1-10-4-6-13(20)16-15(10)18-8-9-19(3)11(2)12(18)5-7-14(21)17(18)22-16/h4-6,11,17,20H,7-9H2,1-3H3/t11-,17+,18+/m1/s1. The molecule has 4 nitrogen and oxygen atoms in total. The van der Waals surface area contributed by atoms with Crippen molar-refractivity contribution in [3.8, 4) is 11.5 Å². The van der Waals surface area contributed by atoms with Gasteiger partial charge < -0.3 is 9.84 Å². The molecular weight excluding hydrogens is 278 g/mol. The Balaban J connectivity index is 2.01. The first-order valence-electron chi connectivity index (χ1n) is 7.90. The Morgan fingerprint density at radius 3 is 2.95 bits per heavy atom. The van der Waals surface area contributed by atoms with Crippen LogP contribution in [0.5, 0.6) is 11.5 Å². The molecular formula is C18H21NO3.